The van der Waals surface area contributed by atoms with Crippen LogP contribution in [0.4, 0.5) is 0 Å². The van der Waals surface area contributed by atoms with E-state index in [1.54, 1.807) is 19.0 Å². The largest absolute Gasteiger partial charge is 0.348 e. The van der Waals surface area contributed by atoms with Crippen molar-refractivity contribution in [1.82, 2.24) is 10.2 Å². The van der Waals surface area contributed by atoms with Crippen LogP contribution in [0.1, 0.15) is 17.2 Å². The monoisotopic (exact) mass is 250 g/mol. The third-order valence-corrected chi connectivity index (χ3v) is 4.06. The Kier molecular flexibility index (Phi) is 4.07. The molecular formula is C13H18N2OS. The first-order valence-corrected chi connectivity index (χ1v) is 6.93. The number of carbonyl (C=O) groups excluding carboxylic acids is 1. The highest BCUT2D eigenvalue weighted by Crippen LogP contribution is 2.31. The van der Waals surface area contributed by atoms with E-state index in [9.17, 15) is 4.79 Å². The first-order chi connectivity index (χ1) is 8.18. The minimum absolute atomic E-state index is 0.123. The van der Waals surface area contributed by atoms with Crippen molar-refractivity contribution in [3.63, 3.8) is 0 Å². The van der Waals surface area contributed by atoms with Gasteiger partial charge in [-0.05, 0) is 11.1 Å². The molecule has 0 saturated carbocycles. The summed E-state index contributed by atoms with van der Waals surface area (Å²) in [5, 5.41) is 3.35. The zero-order valence-corrected chi connectivity index (χ0v) is 11.1. The van der Waals surface area contributed by atoms with Crippen molar-refractivity contribution >= 4 is 17.7 Å². The number of amides is 1. The van der Waals surface area contributed by atoms with Gasteiger partial charge in [0.15, 0.2) is 0 Å². The van der Waals surface area contributed by atoms with Gasteiger partial charge in [-0.1, -0.05) is 24.3 Å². The molecule has 0 fully saturated rings. The van der Waals surface area contributed by atoms with E-state index in [2.05, 4.69) is 29.6 Å². The fourth-order valence-electron chi connectivity index (χ4n) is 1.92. The molecule has 1 N–H and O–H groups in total. The molecule has 0 aliphatic carbocycles. The molecule has 1 heterocycles. The Morgan fingerprint density at radius 3 is 3.00 bits per heavy atom. The van der Waals surface area contributed by atoms with Crippen LogP contribution in [0.15, 0.2) is 24.3 Å². The van der Waals surface area contributed by atoms with Crippen LogP contribution in [0, 0.1) is 0 Å². The summed E-state index contributed by atoms with van der Waals surface area (Å²) < 4.78 is 0. The molecule has 1 unspecified atom stereocenters. The smallest absolute Gasteiger partial charge is 0.236 e. The van der Waals surface area contributed by atoms with Gasteiger partial charge < -0.3 is 10.2 Å². The van der Waals surface area contributed by atoms with Crippen molar-refractivity contribution in [2.75, 3.05) is 26.4 Å². The number of rotatable bonds is 3. The molecule has 0 aromatic heterocycles. The summed E-state index contributed by atoms with van der Waals surface area (Å²) in [7, 11) is 3.57. The third-order valence-electron chi connectivity index (χ3n) is 2.97. The van der Waals surface area contributed by atoms with Gasteiger partial charge in [-0.3, -0.25) is 4.79 Å². The van der Waals surface area contributed by atoms with Crippen molar-refractivity contribution in [1.29, 1.82) is 0 Å². The summed E-state index contributed by atoms with van der Waals surface area (Å²) in [6.45, 7) is 0.409. The number of nitrogens with one attached hydrogen (secondary N) is 1. The molecule has 17 heavy (non-hydrogen) atoms. The van der Waals surface area contributed by atoms with Gasteiger partial charge in [-0.15, -0.1) is 0 Å². The molecule has 0 spiro atoms. The highest BCUT2D eigenvalue weighted by Gasteiger charge is 2.20. The third kappa shape index (κ3) is 3.01. The Morgan fingerprint density at radius 1 is 1.47 bits per heavy atom. The Morgan fingerprint density at radius 2 is 2.24 bits per heavy atom. The molecule has 2 rings (SSSR count). The highest BCUT2D eigenvalue weighted by atomic mass is 32.2. The van der Waals surface area contributed by atoms with Crippen molar-refractivity contribution in [3.8, 4) is 0 Å². The number of nitrogens with zero attached hydrogens (tertiary/aromatic N) is 1. The molecule has 1 aromatic carbocycles. The molecule has 0 saturated heterocycles. The Bertz CT molecular complexity index is 406. The Labute approximate surface area is 107 Å². The minimum Gasteiger partial charge on any atom is -0.348 e. The van der Waals surface area contributed by atoms with Crippen LogP contribution < -0.4 is 5.32 Å². The summed E-state index contributed by atoms with van der Waals surface area (Å²) in [5.74, 6) is 2.24. The lowest BCUT2D eigenvalue weighted by atomic mass is 10.0. The maximum Gasteiger partial charge on any atom is 0.236 e. The molecule has 4 heteroatoms. The van der Waals surface area contributed by atoms with Crippen LogP contribution in [-0.2, 0) is 10.5 Å². The van der Waals surface area contributed by atoms with Crippen LogP contribution in [-0.4, -0.2) is 37.2 Å². The van der Waals surface area contributed by atoms with E-state index in [1.807, 2.05) is 11.8 Å². The number of thioether (sulfide) groups is 1. The molecule has 1 aliphatic heterocycles. The van der Waals surface area contributed by atoms with E-state index in [1.165, 1.54) is 11.1 Å². The first kappa shape index (κ1) is 12.5. The van der Waals surface area contributed by atoms with Crippen LogP contribution in [0.3, 0.4) is 0 Å². The molecule has 92 valence electrons. The number of hydrogen-bond acceptors (Lipinski definition) is 3. The van der Waals surface area contributed by atoms with Gasteiger partial charge in [0.25, 0.3) is 0 Å². The van der Waals surface area contributed by atoms with Gasteiger partial charge in [-0.2, -0.15) is 11.8 Å². The van der Waals surface area contributed by atoms with Crippen molar-refractivity contribution in [2.24, 2.45) is 0 Å². The summed E-state index contributed by atoms with van der Waals surface area (Å²) in [6, 6.07) is 8.77. The second-order valence-corrected chi connectivity index (χ2v) is 5.47. The maximum atomic E-state index is 11.6. The molecule has 1 aliphatic rings. The molecule has 3 nitrogen and oxygen atoms in total. The van der Waals surface area contributed by atoms with E-state index >= 15 is 0 Å². The molecule has 0 bridgehead atoms. The number of benzene rings is 1. The topological polar surface area (TPSA) is 32.3 Å². The number of fused-ring (bicyclic) bond motifs is 1. The zero-order chi connectivity index (χ0) is 12.3. The number of carbonyl (C=O) groups is 1. The summed E-state index contributed by atoms with van der Waals surface area (Å²) in [5.41, 5.74) is 2.73. The average molecular weight is 250 g/mol. The first-order valence-electron chi connectivity index (χ1n) is 5.77. The van der Waals surface area contributed by atoms with Gasteiger partial charge in [0.1, 0.15) is 0 Å². The SMILES string of the molecule is CN(C)C(=O)CNC1CSCc2ccccc21. The van der Waals surface area contributed by atoms with E-state index in [-0.39, 0.29) is 5.91 Å². The second kappa shape index (κ2) is 5.56. The fraction of sp³-hybridized carbons (Fsp3) is 0.462. The van der Waals surface area contributed by atoms with Crippen LogP contribution in [0.25, 0.3) is 0 Å². The Balaban J connectivity index is 2.01. The van der Waals surface area contributed by atoms with Gasteiger partial charge in [0.05, 0.1) is 6.54 Å². The quantitative estimate of drug-likeness (QED) is 0.885. The zero-order valence-electron chi connectivity index (χ0n) is 10.3. The molecule has 1 amide bonds. The van der Waals surface area contributed by atoms with Crippen LogP contribution >= 0.6 is 11.8 Å². The average Bonchev–Trinajstić information content (AvgIpc) is 2.35. The van der Waals surface area contributed by atoms with E-state index in [4.69, 9.17) is 0 Å². The lowest BCUT2D eigenvalue weighted by Crippen LogP contribution is -2.36. The van der Waals surface area contributed by atoms with Crippen LogP contribution in [0.2, 0.25) is 0 Å². The van der Waals surface area contributed by atoms with Crippen molar-refractivity contribution in [2.45, 2.75) is 11.8 Å². The molecular weight excluding hydrogens is 232 g/mol. The summed E-state index contributed by atoms with van der Waals surface area (Å²) in [4.78, 5) is 13.2. The van der Waals surface area contributed by atoms with Gasteiger partial charge in [0, 0.05) is 31.6 Å². The van der Waals surface area contributed by atoms with Crippen LogP contribution in [0.5, 0.6) is 0 Å². The lowest BCUT2D eigenvalue weighted by Gasteiger charge is -2.26. The van der Waals surface area contributed by atoms with Gasteiger partial charge in [-0.25, -0.2) is 0 Å². The number of hydrogen-bond donors (Lipinski definition) is 1. The minimum atomic E-state index is 0.123. The normalized spacial score (nSPS) is 18.6. The van der Waals surface area contributed by atoms with Gasteiger partial charge >= 0.3 is 0 Å². The highest BCUT2D eigenvalue weighted by molar-refractivity contribution is 7.98. The van der Waals surface area contributed by atoms with Crippen molar-refractivity contribution < 1.29 is 4.79 Å². The molecule has 1 atom stereocenters. The van der Waals surface area contributed by atoms with E-state index in [0.29, 0.717) is 12.6 Å². The predicted octanol–water partition coefficient (Wildman–Crippen LogP) is 1.65. The Hall–Kier alpha value is -1.00. The molecule has 1 aromatic rings. The van der Waals surface area contributed by atoms with E-state index in [0.717, 1.165) is 11.5 Å². The fourth-order valence-corrected chi connectivity index (χ4v) is 3.05. The number of likely N-dealkylation sites (N-methyl/N-ethyl adjacent to an activating group) is 1. The van der Waals surface area contributed by atoms with E-state index < -0.39 is 0 Å². The summed E-state index contributed by atoms with van der Waals surface area (Å²) in [6.07, 6.45) is 0. The van der Waals surface area contributed by atoms with Crippen molar-refractivity contribution in [3.05, 3.63) is 35.4 Å². The maximum absolute atomic E-state index is 11.6. The summed E-state index contributed by atoms with van der Waals surface area (Å²) >= 11 is 1.92. The lowest BCUT2D eigenvalue weighted by molar-refractivity contribution is -0.127. The predicted molar refractivity (Wildman–Crippen MR) is 72.0 cm³/mol. The van der Waals surface area contributed by atoms with Gasteiger partial charge in [0.2, 0.25) is 5.91 Å². The molecule has 0 radical (unpaired) electrons. The second-order valence-electron chi connectivity index (χ2n) is 4.44. The standard InChI is InChI=1S/C13H18N2OS/c1-15(2)13(16)7-14-12-9-17-8-10-5-3-4-6-11(10)12/h3-6,12,14H,7-9H2,1-2H3.